The van der Waals surface area contributed by atoms with Crippen LogP contribution in [0.3, 0.4) is 0 Å². The van der Waals surface area contributed by atoms with Crippen molar-refractivity contribution in [3.63, 3.8) is 0 Å². The topological polar surface area (TPSA) is 137 Å². The standard InChI is InChI=1S/C28H30ClN3O6S/c1-15-5-3-8-20(16(15)2)32-27(35)23(17-9-11-30-12-10-17)31-19-7-4-6-18(13-19)25-22(29)24(38-14-21(33)34)26(39-25)28(36)37/h3-8,13,17,23,30-31H,9-12,14H2,1-2H3,(H,32,35)(H,33,34)(H,36,37). The van der Waals surface area contributed by atoms with E-state index in [1.54, 1.807) is 18.2 Å². The number of carbonyl (C=O) groups is 3. The molecular formula is C28H30ClN3O6S. The number of carboxylic acid groups (broad SMARTS) is 2. The van der Waals surface area contributed by atoms with Crippen molar-refractivity contribution in [2.75, 3.05) is 30.3 Å². The fourth-order valence-corrected chi connectivity index (χ4v) is 5.99. The molecule has 1 amide bonds. The number of thiophene rings is 1. The lowest BCUT2D eigenvalue weighted by Crippen LogP contribution is -2.45. The Morgan fingerprint density at radius 3 is 2.54 bits per heavy atom. The average molecular weight is 572 g/mol. The Hall–Kier alpha value is -3.60. The summed E-state index contributed by atoms with van der Waals surface area (Å²) in [5.41, 5.74) is 4.16. The lowest BCUT2D eigenvalue weighted by Gasteiger charge is -2.31. The van der Waals surface area contributed by atoms with Gasteiger partial charge in [0, 0.05) is 11.4 Å². The summed E-state index contributed by atoms with van der Waals surface area (Å²) in [6.45, 7) is 4.91. The van der Waals surface area contributed by atoms with E-state index in [-0.39, 0.29) is 27.5 Å². The maximum atomic E-state index is 13.6. The molecule has 11 heteroatoms. The van der Waals surface area contributed by atoms with Gasteiger partial charge in [0.15, 0.2) is 17.2 Å². The summed E-state index contributed by atoms with van der Waals surface area (Å²) in [5, 5.41) is 28.5. The van der Waals surface area contributed by atoms with Crippen LogP contribution < -0.4 is 20.7 Å². The highest BCUT2D eigenvalue weighted by atomic mass is 35.5. The number of aryl methyl sites for hydroxylation is 1. The highest BCUT2D eigenvalue weighted by Crippen LogP contribution is 2.46. The van der Waals surface area contributed by atoms with Gasteiger partial charge in [0.05, 0.1) is 4.88 Å². The Morgan fingerprint density at radius 1 is 1.13 bits per heavy atom. The Balaban J connectivity index is 1.63. The first-order valence-corrected chi connectivity index (χ1v) is 13.7. The SMILES string of the molecule is Cc1cccc(NC(=O)C(Nc2cccc(-c3sc(C(=O)O)c(OCC(=O)O)c3Cl)c2)C2CCNCC2)c1C. The number of piperidine rings is 1. The van der Waals surface area contributed by atoms with Crippen molar-refractivity contribution in [1.82, 2.24) is 5.32 Å². The smallest absolute Gasteiger partial charge is 0.349 e. The van der Waals surface area contributed by atoms with Crippen LogP contribution in [0.5, 0.6) is 5.75 Å². The minimum atomic E-state index is -1.27. The first-order valence-electron chi connectivity index (χ1n) is 12.5. The van der Waals surface area contributed by atoms with Crippen LogP contribution >= 0.6 is 22.9 Å². The maximum absolute atomic E-state index is 13.6. The van der Waals surface area contributed by atoms with E-state index < -0.39 is 24.6 Å². The number of carboxylic acids is 2. The monoisotopic (exact) mass is 571 g/mol. The summed E-state index contributed by atoms with van der Waals surface area (Å²) >= 11 is 7.38. The second-order valence-electron chi connectivity index (χ2n) is 9.42. The molecule has 2 heterocycles. The number of aromatic carboxylic acids is 1. The molecule has 3 aromatic rings. The molecule has 1 aliphatic rings. The molecule has 1 saturated heterocycles. The summed E-state index contributed by atoms with van der Waals surface area (Å²) in [6.07, 6.45) is 1.67. The molecule has 9 nitrogen and oxygen atoms in total. The minimum absolute atomic E-state index is 0.0263. The minimum Gasteiger partial charge on any atom is -0.479 e. The van der Waals surface area contributed by atoms with E-state index in [2.05, 4.69) is 16.0 Å². The Labute approximate surface area is 235 Å². The first kappa shape index (κ1) is 28.4. The molecule has 1 aromatic heterocycles. The predicted molar refractivity (Wildman–Crippen MR) is 152 cm³/mol. The highest BCUT2D eigenvalue weighted by Gasteiger charge is 2.30. The molecule has 1 aliphatic heterocycles. The Morgan fingerprint density at radius 2 is 1.85 bits per heavy atom. The van der Waals surface area contributed by atoms with E-state index in [1.165, 1.54) is 0 Å². The van der Waals surface area contributed by atoms with Gasteiger partial charge in [-0.3, -0.25) is 4.79 Å². The van der Waals surface area contributed by atoms with E-state index in [0.717, 1.165) is 54.1 Å². The van der Waals surface area contributed by atoms with Crippen LogP contribution in [0.25, 0.3) is 10.4 Å². The van der Waals surface area contributed by atoms with Gasteiger partial charge in [-0.05, 0) is 80.6 Å². The quantitative estimate of drug-likeness (QED) is 0.222. The van der Waals surface area contributed by atoms with E-state index in [9.17, 15) is 19.5 Å². The van der Waals surface area contributed by atoms with Crippen LogP contribution in [-0.2, 0) is 9.59 Å². The van der Waals surface area contributed by atoms with Gasteiger partial charge in [-0.15, -0.1) is 11.3 Å². The van der Waals surface area contributed by atoms with E-state index >= 15 is 0 Å². The van der Waals surface area contributed by atoms with Crippen molar-refractivity contribution in [2.45, 2.75) is 32.7 Å². The molecule has 4 rings (SSSR count). The van der Waals surface area contributed by atoms with Crippen LogP contribution in [0.4, 0.5) is 11.4 Å². The van der Waals surface area contributed by atoms with Gasteiger partial charge < -0.3 is 30.9 Å². The fourth-order valence-electron chi connectivity index (χ4n) is 4.59. The molecule has 0 spiro atoms. The maximum Gasteiger partial charge on any atom is 0.349 e. The van der Waals surface area contributed by atoms with Crippen molar-refractivity contribution in [2.24, 2.45) is 5.92 Å². The zero-order valence-electron chi connectivity index (χ0n) is 21.5. The molecule has 1 unspecified atom stereocenters. The van der Waals surface area contributed by atoms with Gasteiger partial charge in [0.2, 0.25) is 5.91 Å². The number of carbonyl (C=O) groups excluding carboxylic acids is 1. The summed E-state index contributed by atoms with van der Waals surface area (Å²) in [6, 6.07) is 12.5. The second-order valence-corrected chi connectivity index (χ2v) is 10.8. The largest absolute Gasteiger partial charge is 0.479 e. The predicted octanol–water partition coefficient (Wildman–Crippen LogP) is 5.27. The van der Waals surface area contributed by atoms with Gasteiger partial charge in [0.25, 0.3) is 0 Å². The van der Waals surface area contributed by atoms with Crippen LogP contribution in [0, 0.1) is 19.8 Å². The molecule has 1 fully saturated rings. The zero-order valence-corrected chi connectivity index (χ0v) is 23.1. The van der Waals surface area contributed by atoms with Crippen molar-refractivity contribution in [3.05, 3.63) is 63.5 Å². The number of anilines is 2. The van der Waals surface area contributed by atoms with Gasteiger partial charge in [-0.2, -0.15) is 0 Å². The second kappa shape index (κ2) is 12.5. The number of halogens is 1. The van der Waals surface area contributed by atoms with Gasteiger partial charge in [-0.25, -0.2) is 9.59 Å². The van der Waals surface area contributed by atoms with Crippen LogP contribution in [0.2, 0.25) is 5.02 Å². The zero-order chi connectivity index (χ0) is 28.1. The molecular weight excluding hydrogens is 542 g/mol. The molecule has 0 aliphatic carbocycles. The molecule has 0 bridgehead atoms. The number of ether oxygens (including phenoxy) is 1. The van der Waals surface area contributed by atoms with E-state index in [4.69, 9.17) is 21.4 Å². The van der Waals surface area contributed by atoms with Crippen LogP contribution in [-0.4, -0.2) is 53.8 Å². The number of aliphatic carboxylic acids is 1. The molecule has 5 N–H and O–H groups in total. The Bertz CT molecular complexity index is 1390. The van der Waals surface area contributed by atoms with Crippen LogP contribution in [0.1, 0.15) is 33.6 Å². The third-order valence-electron chi connectivity index (χ3n) is 6.79. The van der Waals surface area contributed by atoms with Crippen molar-refractivity contribution in [1.29, 1.82) is 0 Å². The van der Waals surface area contributed by atoms with Gasteiger partial charge >= 0.3 is 11.9 Å². The Kier molecular flexibility index (Phi) is 9.11. The summed E-state index contributed by atoms with van der Waals surface area (Å²) in [5.74, 6) is -2.72. The number of hydrogen-bond donors (Lipinski definition) is 5. The number of amides is 1. The lowest BCUT2D eigenvalue weighted by molar-refractivity contribution is -0.139. The number of nitrogens with one attached hydrogen (secondary N) is 3. The van der Waals surface area contributed by atoms with Crippen molar-refractivity contribution < 1.29 is 29.3 Å². The third kappa shape index (κ3) is 6.70. The number of rotatable bonds is 10. The molecule has 39 heavy (non-hydrogen) atoms. The highest BCUT2D eigenvalue weighted by molar-refractivity contribution is 7.18. The number of hydrogen-bond acceptors (Lipinski definition) is 7. The average Bonchev–Trinajstić information content (AvgIpc) is 3.25. The lowest BCUT2D eigenvalue weighted by atomic mass is 9.89. The molecule has 0 radical (unpaired) electrons. The van der Waals surface area contributed by atoms with Gasteiger partial charge in [0.1, 0.15) is 11.1 Å². The van der Waals surface area contributed by atoms with E-state index in [0.29, 0.717) is 16.1 Å². The molecule has 2 aromatic carbocycles. The molecule has 1 atom stereocenters. The molecule has 0 saturated carbocycles. The third-order valence-corrected chi connectivity index (χ3v) is 8.47. The van der Waals surface area contributed by atoms with Crippen molar-refractivity contribution >= 4 is 52.2 Å². The normalized spacial score (nSPS) is 14.4. The van der Waals surface area contributed by atoms with E-state index in [1.807, 2.05) is 38.1 Å². The van der Waals surface area contributed by atoms with Crippen LogP contribution in [0.15, 0.2) is 42.5 Å². The first-order chi connectivity index (χ1) is 18.7. The summed E-state index contributed by atoms with van der Waals surface area (Å²) in [7, 11) is 0. The summed E-state index contributed by atoms with van der Waals surface area (Å²) in [4.78, 5) is 36.6. The number of benzene rings is 2. The summed E-state index contributed by atoms with van der Waals surface area (Å²) < 4.78 is 5.20. The van der Waals surface area contributed by atoms with Gasteiger partial charge in [-0.1, -0.05) is 35.9 Å². The molecule has 206 valence electrons. The van der Waals surface area contributed by atoms with Crippen molar-refractivity contribution in [3.8, 4) is 16.2 Å². The fraction of sp³-hybridized carbons (Fsp3) is 0.321.